The molecule has 4 heteroatoms. The Bertz CT molecular complexity index is 301. The number of nitrogens with two attached hydrogens (primary N) is 1. The van der Waals surface area contributed by atoms with Gasteiger partial charge in [0.15, 0.2) is 0 Å². The first-order valence-electron chi connectivity index (χ1n) is 6.08. The van der Waals surface area contributed by atoms with Crippen molar-refractivity contribution in [3.63, 3.8) is 0 Å². The average molecular weight is 238 g/mol. The molecule has 0 radical (unpaired) electrons. The lowest BCUT2D eigenvalue weighted by molar-refractivity contribution is 0.105. The van der Waals surface area contributed by atoms with Crippen molar-refractivity contribution in [2.45, 2.75) is 25.4 Å². The number of unbranched alkanes of at least 4 members (excludes halogenated alkanes) is 1. The van der Waals surface area contributed by atoms with Gasteiger partial charge in [-0.3, -0.25) is 0 Å². The second-order valence-electron chi connectivity index (χ2n) is 4.16. The van der Waals surface area contributed by atoms with E-state index < -0.39 is 6.10 Å². The molecule has 5 N–H and O–H groups in total. The third kappa shape index (κ3) is 5.68. The minimum Gasteiger partial charge on any atom is -0.394 e. The van der Waals surface area contributed by atoms with E-state index in [4.69, 9.17) is 10.8 Å². The van der Waals surface area contributed by atoms with Crippen LogP contribution in [0.25, 0.3) is 0 Å². The standard InChI is InChI=1S/C13H22N2O2/c14-8-2-1-3-11-4-6-12(7-5-11)15-9-13(17)10-16/h4-7,13,15-17H,1-3,8-10,14H2/t13-/m1/s1. The lowest BCUT2D eigenvalue weighted by Crippen LogP contribution is -2.22. The number of hydrogen-bond donors (Lipinski definition) is 4. The smallest absolute Gasteiger partial charge is 0.0942 e. The lowest BCUT2D eigenvalue weighted by atomic mass is 10.1. The van der Waals surface area contributed by atoms with Crippen LogP contribution >= 0.6 is 0 Å². The molecule has 1 aromatic rings. The number of aliphatic hydroxyl groups excluding tert-OH is 2. The molecule has 96 valence electrons. The van der Waals surface area contributed by atoms with E-state index in [0.717, 1.165) is 31.5 Å². The normalized spacial score (nSPS) is 12.4. The number of rotatable bonds is 8. The van der Waals surface area contributed by atoms with E-state index in [1.54, 1.807) is 0 Å². The lowest BCUT2D eigenvalue weighted by Gasteiger charge is -2.10. The second kappa shape index (κ2) is 8.06. The van der Waals surface area contributed by atoms with E-state index in [9.17, 15) is 5.11 Å². The Kier molecular flexibility index (Phi) is 6.62. The molecule has 0 spiro atoms. The summed E-state index contributed by atoms with van der Waals surface area (Å²) in [5.41, 5.74) is 7.70. The molecule has 0 amide bonds. The van der Waals surface area contributed by atoms with Crippen LogP contribution in [-0.2, 0) is 6.42 Å². The summed E-state index contributed by atoms with van der Waals surface area (Å²) in [5, 5.41) is 20.9. The second-order valence-corrected chi connectivity index (χ2v) is 4.16. The summed E-state index contributed by atoms with van der Waals surface area (Å²) < 4.78 is 0. The van der Waals surface area contributed by atoms with Crippen molar-refractivity contribution in [2.75, 3.05) is 25.0 Å². The monoisotopic (exact) mass is 238 g/mol. The van der Waals surface area contributed by atoms with Crippen molar-refractivity contribution in [3.05, 3.63) is 29.8 Å². The molecule has 1 rings (SSSR count). The Labute approximate surface area is 102 Å². The van der Waals surface area contributed by atoms with Crippen LogP contribution in [-0.4, -0.2) is 36.0 Å². The van der Waals surface area contributed by atoms with Crippen LogP contribution in [0.4, 0.5) is 5.69 Å². The minimum absolute atomic E-state index is 0.218. The molecule has 17 heavy (non-hydrogen) atoms. The zero-order chi connectivity index (χ0) is 12.5. The molecular formula is C13H22N2O2. The van der Waals surface area contributed by atoms with E-state index in [-0.39, 0.29) is 6.61 Å². The van der Waals surface area contributed by atoms with Crippen molar-refractivity contribution in [1.29, 1.82) is 0 Å². The van der Waals surface area contributed by atoms with E-state index in [1.807, 2.05) is 12.1 Å². The topological polar surface area (TPSA) is 78.5 Å². The molecule has 0 aliphatic heterocycles. The number of hydrogen-bond acceptors (Lipinski definition) is 4. The van der Waals surface area contributed by atoms with E-state index in [2.05, 4.69) is 17.4 Å². The molecule has 0 aromatic heterocycles. The van der Waals surface area contributed by atoms with Gasteiger partial charge in [0.2, 0.25) is 0 Å². The van der Waals surface area contributed by atoms with Crippen molar-refractivity contribution in [2.24, 2.45) is 5.73 Å². The Morgan fingerprint density at radius 1 is 1.18 bits per heavy atom. The van der Waals surface area contributed by atoms with Gasteiger partial charge in [0.1, 0.15) is 0 Å². The van der Waals surface area contributed by atoms with E-state index in [1.165, 1.54) is 5.56 Å². The first-order chi connectivity index (χ1) is 8.26. The third-order valence-corrected chi connectivity index (χ3v) is 2.63. The summed E-state index contributed by atoms with van der Waals surface area (Å²) in [6, 6.07) is 8.12. The Morgan fingerprint density at radius 3 is 2.47 bits per heavy atom. The molecule has 1 aromatic carbocycles. The summed E-state index contributed by atoms with van der Waals surface area (Å²) in [5.74, 6) is 0. The molecule has 0 unspecified atom stereocenters. The van der Waals surface area contributed by atoms with Crippen molar-refractivity contribution < 1.29 is 10.2 Å². The highest BCUT2D eigenvalue weighted by molar-refractivity contribution is 5.44. The highest BCUT2D eigenvalue weighted by Gasteiger charge is 2.01. The van der Waals surface area contributed by atoms with Crippen LogP contribution in [0.1, 0.15) is 18.4 Å². The van der Waals surface area contributed by atoms with Gasteiger partial charge < -0.3 is 21.3 Å². The first kappa shape index (κ1) is 14.0. The van der Waals surface area contributed by atoms with Crippen molar-refractivity contribution in [1.82, 2.24) is 0 Å². The van der Waals surface area contributed by atoms with E-state index in [0.29, 0.717) is 6.54 Å². The maximum atomic E-state index is 9.19. The molecule has 0 aliphatic carbocycles. The van der Waals surface area contributed by atoms with Gasteiger partial charge in [-0.25, -0.2) is 0 Å². The van der Waals surface area contributed by atoms with Gasteiger partial charge in [0.25, 0.3) is 0 Å². The molecule has 0 saturated heterocycles. The molecule has 0 bridgehead atoms. The maximum absolute atomic E-state index is 9.19. The summed E-state index contributed by atoms with van der Waals surface area (Å²) in [7, 11) is 0. The van der Waals surface area contributed by atoms with Crippen molar-refractivity contribution in [3.8, 4) is 0 Å². The van der Waals surface area contributed by atoms with Gasteiger partial charge in [-0.1, -0.05) is 12.1 Å². The average Bonchev–Trinajstić information content (AvgIpc) is 2.37. The summed E-state index contributed by atoms with van der Waals surface area (Å²) in [6.07, 6.45) is 2.52. The molecular weight excluding hydrogens is 216 g/mol. The third-order valence-electron chi connectivity index (χ3n) is 2.63. The van der Waals surface area contributed by atoms with Crippen LogP contribution < -0.4 is 11.1 Å². The molecule has 0 fully saturated rings. The largest absolute Gasteiger partial charge is 0.394 e. The summed E-state index contributed by atoms with van der Waals surface area (Å²) >= 11 is 0. The fourth-order valence-corrected chi connectivity index (χ4v) is 1.56. The van der Waals surface area contributed by atoms with Gasteiger partial charge in [-0.2, -0.15) is 0 Å². The number of benzene rings is 1. The minimum atomic E-state index is -0.709. The summed E-state index contributed by atoms with van der Waals surface area (Å²) in [6.45, 7) is 0.895. The quantitative estimate of drug-likeness (QED) is 0.504. The maximum Gasteiger partial charge on any atom is 0.0942 e. The predicted molar refractivity (Wildman–Crippen MR) is 70.0 cm³/mol. The number of anilines is 1. The number of nitrogens with one attached hydrogen (secondary N) is 1. The van der Waals surface area contributed by atoms with Crippen molar-refractivity contribution >= 4 is 5.69 Å². The molecule has 0 aliphatic rings. The predicted octanol–water partition coefficient (Wildman–Crippen LogP) is 0.733. The van der Waals surface area contributed by atoms with Gasteiger partial charge in [0, 0.05) is 12.2 Å². The van der Waals surface area contributed by atoms with Gasteiger partial charge in [0.05, 0.1) is 12.7 Å². The SMILES string of the molecule is NCCCCc1ccc(NC[C@@H](O)CO)cc1. The molecule has 0 saturated carbocycles. The van der Waals surface area contributed by atoms with Crippen LogP contribution in [0.5, 0.6) is 0 Å². The summed E-state index contributed by atoms with van der Waals surface area (Å²) in [4.78, 5) is 0. The number of aryl methyl sites for hydroxylation is 1. The zero-order valence-corrected chi connectivity index (χ0v) is 10.1. The van der Waals surface area contributed by atoms with E-state index >= 15 is 0 Å². The first-order valence-corrected chi connectivity index (χ1v) is 6.08. The van der Waals surface area contributed by atoms with Crippen LogP contribution in [0.2, 0.25) is 0 Å². The highest BCUT2D eigenvalue weighted by Crippen LogP contribution is 2.11. The van der Waals surface area contributed by atoms with Gasteiger partial charge in [-0.15, -0.1) is 0 Å². The van der Waals surface area contributed by atoms with Gasteiger partial charge in [-0.05, 0) is 43.5 Å². The fraction of sp³-hybridized carbons (Fsp3) is 0.538. The molecule has 1 atom stereocenters. The Balaban J connectivity index is 2.34. The van der Waals surface area contributed by atoms with Crippen LogP contribution in [0.3, 0.4) is 0 Å². The van der Waals surface area contributed by atoms with Crippen LogP contribution in [0.15, 0.2) is 24.3 Å². The molecule has 4 nitrogen and oxygen atoms in total. The van der Waals surface area contributed by atoms with Crippen LogP contribution in [0, 0.1) is 0 Å². The number of aliphatic hydroxyl groups is 2. The zero-order valence-electron chi connectivity index (χ0n) is 10.1. The fourth-order valence-electron chi connectivity index (χ4n) is 1.56. The molecule has 0 heterocycles. The Hall–Kier alpha value is -1.10. The van der Waals surface area contributed by atoms with Gasteiger partial charge >= 0.3 is 0 Å². The highest BCUT2D eigenvalue weighted by atomic mass is 16.3. The Morgan fingerprint density at radius 2 is 1.88 bits per heavy atom.